The highest BCUT2D eigenvalue weighted by Gasteiger charge is 2.19. The van der Waals surface area contributed by atoms with Crippen LogP contribution < -0.4 is 5.32 Å². The summed E-state index contributed by atoms with van der Waals surface area (Å²) in [5.41, 5.74) is 2.83. The maximum absolute atomic E-state index is 4.28. The van der Waals surface area contributed by atoms with Crippen molar-refractivity contribution in [1.29, 1.82) is 0 Å². The van der Waals surface area contributed by atoms with E-state index in [1.54, 1.807) is 10.4 Å². The summed E-state index contributed by atoms with van der Waals surface area (Å²) in [7, 11) is 0. The molecule has 0 amide bonds. The van der Waals surface area contributed by atoms with E-state index >= 15 is 0 Å². The first kappa shape index (κ1) is 15.5. The number of thiophene rings is 1. The number of aryl methyl sites for hydroxylation is 1. The zero-order valence-electron chi connectivity index (χ0n) is 12.1. The van der Waals surface area contributed by atoms with Crippen molar-refractivity contribution in [3.8, 4) is 0 Å². The average Bonchev–Trinajstić information content (AvgIpc) is 2.91. The van der Waals surface area contributed by atoms with Gasteiger partial charge in [-0.1, -0.05) is 6.92 Å². The highest BCUT2D eigenvalue weighted by Crippen LogP contribution is 2.35. The molecular formula is C16H19BrN2S2. The molecule has 0 radical (unpaired) electrons. The molecule has 2 aromatic rings. The van der Waals surface area contributed by atoms with Crippen LogP contribution in [0.5, 0.6) is 0 Å². The van der Waals surface area contributed by atoms with E-state index in [1.165, 1.54) is 28.4 Å². The molecule has 3 rings (SSSR count). The first-order valence-corrected chi connectivity index (χ1v) is 10.0. The number of likely N-dealkylation sites (N-methyl/N-ethyl adjacent to an activating group) is 1. The summed E-state index contributed by atoms with van der Waals surface area (Å²) >= 11 is 7.56. The Balaban J connectivity index is 1.82. The number of aromatic nitrogens is 1. The van der Waals surface area contributed by atoms with Gasteiger partial charge in [-0.15, -0.1) is 11.3 Å². The molecule has 1 aliphatic heterocycles. The number of rotatable bonds is 5. The Hall–Kier alpha value is -0.360. The molecule has 0 aliphatic carbocycles. The maximum atomic E-state index is 4.28. The molecule has 0 saturated carbocycles. The lowest BCUT2D eigenvalue weighted by molar-refractivity contribution is 0.557. The molecule has 1 N–H and O–H groups in total. The Labute approximate surface area is 142 Å². The summed E-state index contributed by atoms with van der Waals surface area (Å²) in [5.74, 6) is 2.46. The summed E-state index contributed by atoms with van der Waals surface area (Å²) in [6, 6.07) is 4.98. The van der Waals surface area contributed by atoms with Gasteiger partial charge in [0, 0.05) is 38.4 Å². The van der Waals surface area contributed by atoms with Crippen molar-refractivity contribution in [2.45, 2.75) is 31.6 Å². The van der Waals surface area contributed by atoms with Crippen LogP contribution in [0.3, 0.4) is 0 Å². The van der Waals surface area contributed by atoms with Gasteiger partial charge in [0.05, 0.1) is 0 Å². The second-order valence-electron chi connectivity index (χ2n) is 5.23. The highest BCUT2D eigenvalue weighted by molar-refractivity contribution is 9.10. The van der Waals surface area contributed by atoms with Crippen molar-refractivity contribution in [2.75, 3.05) is 12.3 Å². The lowest BCUT2D eigenvalue weighted by atomic mass is 10.1. The Morgan fingerprint density at radius 2 is 2.29 bits per heavy atom. The van der Waals surface area contributed by atoms with E-state index in [-0.39, 0.29) is 0 Å². The predicted molar refractivity (Wildman–Crippen MR) is 96.2 cm³/mol. The van der Waals surface area contributed by atoms with E-state index in [9.17, 15) is 0 Å². The van der Waals surface area contributed by atoms with Crippen molar-refractivity contribution < 1.29 is 0 Å². The fourth-order valence-electron chi connectivity index (χ4n) is 2.66. The van der Waals surface area contributed by atoms with Crippen molar-refractivity contribution in [3.05, 3.63) is 49.9 Å². The smallest absolute Gasteiger partial charge is 0.0456 e. The molecule has 3 heterocycles. The topological polar surface area (TPSA) is 24.9 Å². The lowest BCUT2D eigenvalue weighted by Crippen LogP contribution is -2.22. The summed E-state index contributed by atoms with van der Waals surface area (Å²) in [6.07, 6.45) is 6.04. The van der Waals surface area contributed by atoms with Crippen LogP contribution in [0.25, 0.3) is 0 Å². The van der Waals surface area contributed by atoms with Gasteiger partial charge < -0.3 is 5.32 Å². The van der Waals surface area contributed by atoms with E-state index in [0.717, 1.165) is 17.4 Å². The van der Waals surface area contributed by atoms with Crippen LogP contribution in [0.15, 0.2) is 29.0 Å². The second-order valence-corrected chi connectivity index (χ2v) is 8.41. The monoisotopic (exact) mass is 382 g/mol. The van der Waals surface area contributed by atoms with Crippen LogP contribution in [0.1, 0.15) is 33.8 Å². The molecule has 1 atom stereocenters. The van der Waals surface area contributed by atoms with Crippen LogP contribution in [0, 0.1) is 0 Å². The van der Waals surface area contributed by atoms with Gasteiger partial charge >= 0.3 is 0 Å². The quantitative estimate of drug-likeness (QED) is 0.818. The third-order valence-corrected chi connectivity index (χ3v) is 6.43. The van der Waals surface area contributed by atoms with Gasteiger partial charge in [-0.2, -0.15) is 11.8 Å². The fourth-order valence-corrected chi connectivity index (χ4v) is 5.53. The molecular weight excluding hydrogens is 364 g/mol. The number of pyridine rings is 1. The third-order valence-electron chi connectivity index (χ3n) is 3.64. The molecule has 0 saturated heterocycles. The van der Waals surface area contributed by atoms with Crippen LogP contribution in [-0.4, -0.2) is 17.3 Å². The minimum atomic E-state index is 0.395. The van der Waals surface area contributed by atoms with Gasteiger partial charge in [0.1, 0.15) is 0 Å². The van der Waals surface area contributed by atoms with Gasteiger partial charge in [0.25, 0.3) is 0 Å². The zero-order chi connectivity index (χ0) is 14.7. The van der Waals surface area contributed by atoms with Crippen LogP contribution >= 0.6 is 39.0 Å². The molecule has 1 aliphatic rings. The Kier molecular flexibility index (Phi) is 5.38. The molecule has 0 spiro atoms. The van der Waals surface area contributed by atoms with Crippen molar-refractivity contribution in [3.63, 3.8) is 0 Å². The van der Waals surface area contributed by atoms with Crippen molar-refractivity contribution in [1.82, 2.24) is 10.3 Å². The number of hydrogen-bond acceptors (Lipinski definition) is 4. The molecule has 2 aromatic heterocycles. The van der Waals surface area contributed by atoms with E-state index < -0.39 is 0 Å². The normalized spacial score (nSPS) is 15.7. The van der Waals surface area contributed by atoms with Crippen LogP contribution in [-0.2, 0) is 18.6 Å². The minimum absolute atomic E-state index is 0.395. The lowest BCUT2D eigenvalue weighted by Gasteiger charge is -2.16. The molecule has 5 heteroatoms. The van der Waals surface area contributed by atoms with Crippen molar-refractivity contribution in [2.24, 2.45) is 0 Å². The van der Waals surface area contributed by atoms with E-state index in [2.05, 4.69) is 57.0 Å². The number of thioether (sulfide) groups is 1. The number of halogens is 1. The molecule has 21 heavy (non-hydrogen) atoms. The number of nitrogens with zero attached hydrogens (tertiary/aromatic N) is 1. The maximum Gasteiger partial charge on any atom is 0.0456 e. The first-order valence-electron chi connectivity index (χ1n) is 7.28. The molecule has 1 unspecified atom stereocenters. The minimum Gasteiger partial charge on any atom is -0.309 e. The first-order chi connectivity index (χ1) is 10.3. The van der Waals surface area contributed by atoms with Gasteiger partial charge in [0.15, 0.2) is 0 Å². The number of fused-ring (bicyclic) bond motifs is 1. The van der Waals surface area contributed by atoms with Gasteiger partial charge in [-0.05, 0) is 64.3 Å². The second kappa shape index (κ2) is 7.27. The average molecular weight is 383 g/mol. The third kappa shape index (κ3) is 3.89. The molecule has 112 valence electrons. The molecule has 2 nitrogen and oxygen atoms in total. The standard InChI is InChI=1S/C16H19BrN2S2/c1-2-19-14(6-11-5-13(17)9-18-8-11)16-7-12-10-20-4-3-15(12)21-16/h5,7-9,14,19H,2-4,6,10H2,1H3. The van der Waals surface area contributed by atoms with Crippen LogP contribution in [0.4, 0.5) is 0 Å². The number of hydrogen-bond donors (Lipinski definition) is 1. The largest absolute Gasteiger partial charge is 0.309 e. The number of nitrogens with one attached hydrogen (secondary N) is 1. The Morgan fingerprint density at radius 1 is 1.38 bits per heavy atom. The summed E-state index contributed by atoms with van der Waals surface area (Å²) in [5, 5.41) is 3.64. The summed E-state index contributed by atoms with van der Waals surface area (Å²) in [6.45, 7) is 3.17. The Bertz CT molecular complexity index is 589. The van der Waals surface area contributed by atoms with Gasteiger partial charge in [-0.25, -0.2) is 0 Å². The van der Waals surface area contributed by atoms with E-state index in [4.69, 9.17) is 0 Å². The molecule has 0 bridgehead atoms. The highest BCUT2D eigenvalue weighted by atomic mass is 79.9. The zero-order valence-corrected chi connectivity index (χ0v) is 15.3. The van der Waals surface area contributed by atoms with Crippen molar-refractivity contribution >= 4 is 39.0 Å². The van der Waals surface area contributed by atoms with Gasteiger partial charge in [-0.3, -0.25) is 4.98 Å². The summed E-state index contributed by atoms with van der Waals surface area (Å²) in [4.78, 5) is 7.35. The SMILES string of the molecule is CCNC(Cc1cncc(Br)c1)c1cc2c(s1)CCSC2. The Morgan fingerprint density at radius 3 is 3.05 bits per heavy atom. The predicted octanol–water partition coefficient (Wildman–Crippen LogP) is 4.59. The van der Waals surface area contributed by atoms with Gasteiger partial charge in [0.2, 0.25) is 0 Å². The molecule has 0 fully saturated rings. The fraction of sp³-hybridized carbons (Fsp3) is 0.438. The summed E-state index contributed by atoms with van der Waals surface area (Å²) < 4.78 is 1.05. The van der Waals surface area contributed by atoms with E-state index in [0.29, 0.717) is 6.04 Å². The van der Waals surface area contributed by atoms with Crippen LogP contribution in [0.2, 0.25) is 0 Å². The molecule has 0 aromatic carbocycles. The van der Waals surface area contributed by atoms with E-state index in [1.807, 2.05) is 23.7 Å².